The van der Waals surface area contributed by atoms with Crippen LogP contribution in [-0.4, -0.2) is 31.1 Å². The highest BCUT2D eigenvalue weighted by atomic mass is 35.5. The number of urea groups is 1. The third-order valence-corrected chi connectivity index (χ3v) is 4.83. The van der Waals surface area contributed by atoms with Crippen molar-refractivity contribution in [3.05, 3.63) is 29.1 Å². The highest BCUT2D eigenvalue weighted by Gasteiger charge is 2.18. The van der Waals surface area contributed by atoms with Crippen LogP contribution in [0.25, 0.3) is 0 Å². The number of carbonyl (C=O) groups excluding carboxylic acids is 2. The minimum atomic E-state index is -0.438. The number of hydrogen-bond acceptors (Lipinski definition) is 3. The van der Waals surface area contributed by atoms with Crippen LogP contribution in [0, 0.1) is 5.82 Å². The van der Waals surface area contributed by atoms with Crippen LogP contribution >= 0.6 is 12.4 Å². The van der Waals surface area contributed by atoms with Crippen molar-refractivity contribution in [2.24, 2.45) is 0 Å². The molecule has 1 aliphatic heterocycles. The van der Waals surface area contributed by atoms with Crippen LogP contribution in [0.1, 0.15) is 43.2 Å². The second kappa shape index (κ2) is 9.73. The molecule has 0 unspecified atom stereocenters. The quantitative estimate of drug-likeness (QED) is 0.643. The molecule has 1 aromatic carbocycles. The standard InChI is InChI=1S/C18H25FN4O2.ClH/c19-17-14-8-9-20-10-12(14)6-7-15(17)23-16(24)11-21-18(25)22-13-4-2-1-3-5-13;/h6-7,13,20H,1-5,8-11H2,(H,23,24)(H2,21,22,25);1H. The zero-order chi connectivity index (χ0) is 17.6. The average Bonchev–Trinajstić information content (AvgIpc) is 2.63. The molecule has 26 heavy (non-hydrogen) atoms. The molecular weight excluding hydrogens is 359 g/mol. The van der Waals surface area contributed by atoms with Crippen LogP contribution in [0.4, 0.5) is 14.9 Å². The molecule has 1 saturated carbocycles. The van der Waals surface area contributed by atoms with E-state index in [9.17, 15) is 14.0 Å². The minimum Gasteiger partial charge on any atom is -0.335 e. The third kappa shape index (κ3) is 5.32. The number of halogens is 2. The summed E-state index contributed by atoms with van der Waals surface area (Å²) in [5, 5.41) is 11.1. The molecule has 6 nitrogen and oxygen atoms in total. The number of hydrogen-bond donors (Lipinski definition) is 4. The van der Waals surface area contributed by atoms with E-state index in [1.54, 1.807) is 6.07 Å². The molecule has 0 spiro atoms. The minimum absolute atomic E-state index is 0. The lowest BCUT2D eigenvalue weighted by molar-refractivity contribution is -0.115. The molecule has 0 saturated heterocycles. The molecule has 3 rings (SSSR count). The van der Waals surface area contributed by atoms with Crippen molar-refractivity contribution in [2.45, 2.75) is 51.1 Å². The topological polar surface area (TPSA) is 82.3 Å². The molecule has 1 fully saturated rings. The van der Waals surface area contributed by atoms with Gasteiger partial charge in [-0.05, 0) is 43.0 Å². The van der Waals surface area contributed by atoms with E-state index in [0.717, 1.165) is 37.8 Å². The molecular formula is C18H26ClFN4O2. The predicted molar refractivity (Wildman–Crippen MR) is 101 cm³/mol. The SMILES string of the molecule is Cl.O=C(CNC(=O)NC1CCCCC1)Nc1ccc2c(c1F)CCNC2. The lowest BCUT2D eigenvalue weighted by Crippen LogP contribution is -2.45. The Morgan fingerprint density at radius 2 is 1.96 bits per heavy atom. The first-order chi connectivity index (χ1) is 12.1. The van der Waals surface area contributed by atoms with Crippen molar-refractivity contribution in [3.63, 3.8) is 0 Å². The fourth-order valence-corrected chi connectivity index (χ4v) is 3.47. The molecule has 0 radical (unpaired) electrons. The second-order valence-electron chi connectivity index (χ2n) is 6.70. The number of nitrogens with one attached hydrogen (secondary N) is 4. The van der Waals surface area contributed by atoms with E-state index in [1.807, 2.05) is 6.07 Å². The van der Waals surface area contributed by atoms with E-state index in [1.165, 1.54) is 6.42 Å². The van der Waals surface area contributed by atoms with Gasteiger partial charge in [-0.3, -0.25) is 4.79 Å². The third-order valence-electron chi connectivity index (χ3n) is 4.83. The lowest BCUT2D eigenvalue weighted by Gasteiger charge is -2.22. The van der Waals surface area contributed by atoms with Crippen molar-refractivity contribution in [1.82, 2.24) is 16.0 Å². The number of anilines is 1. The molecule has 1 aliphatic carbocycles. The Hall–Kier alpha value is -1.86. The van der Waals surface area contributed by atoms with Crippen molar-refractivity contribution in [3.8, 4) is 0 Å². The summed E-state index contributed by atoms with van der Waals surface area (Å²) in [6.07, 6.45) is 6.03. The van der Waals surface area contributed by atoms with Gasteiger partial charge in [0.2, 0.25) is 5.91 Å². The fourth-order valence-electron chi connectivity index (χ4n) is 3.47. The summed E-state index contributed by atoms with van der Waals surface area (Å²) in [6.45, 7) is 1.18. The number of carbonyl (C=O) groups is 2. The van der Waals surface area contributed by atoms with E-state index >= 15 is 0 Å². The number of amides is 3. The van der Waals surface area contributed by atoms with Crippen molar-refractivity contribution in [2.75, 3.05) is 18.4 Å². The van der Waals surface area contributed by atoms with Gasteiger partial charge in [0.1, 0.15) is 5.82 Å². The number of benzene rings is 1. The first-order valence-electron chi connectivity index (χ1n) is 8.98. The number of rotatable bonds is 4. The lowest BCUT2D eigenvalue weighted by atomic mass is 9.96. The Bertz CT molecular complexity index is 650. The predicted octanol–water partition coefficient (Wildman–Crippen LogP) is 2.46. The van der Waals surface area contributed by atoms with Crippen molar-refractivity contribution >= 4 is 30.0 Å². The first kappa shape index (κ1) is 20.5. The number of fused-ring (bicyclic) bond motifs is 1. The fraction of sp³-hybridized carbons (Fsp3) is 0.556. The average molecular weight is 385 g/mol. The zero-order valence-electron chi connectivity index (χ0n) is 14.7. The van der Waals surface area contributed by atoms with Gasteiger partial charge in [0.05, 0.1) is 12.2 Å². The van der Waals surface area contributed by atoms with Crippen LogP contribution in [0.3, 0.4) is 0 Å². The molecule has 4 N–H and O–H groups in total. The summed E-state index contributed by atoms with van der Waals surface area (Å²) < 4.78 is 14.5. The van der Waals surface area contributed by atoms with Crippen LogP contribution in [-0.2, 0) is 17.8 Å². The summed E-state index contributed by atoms with van der Waals surface area (Å²) in [6, 6.07) is 3.23. The molecule has 144 valence electrons. The highest BCUT2D eigenvalue weighted by Crippen LogP contribution is 2.24. The Balaban J connectivity index is 0.00000243. The monoisotopic (exact) mass is 384 g/mol. The summed E-state index contributed by atoms with van der Waals surface area (Å²) >= 11 is 0. The molecule has 1 aromatic rings. The largest absolute Gasteiger partial charge is 0.335 e. The zero-order valence-corrected chi connectivity index (χ0v) is 15.5. The Morgan fingerprint density at radius 1 is 1.19 bits per heavy atom. The Kier molecular flexibility index (Phi) is 7.66. The van der Waals surface area contributed by atoms with Gasteiger partial charge in [-0.1, -0.05) is 25.3 Å². The van der Waals surface area contributed by atoms with Crippen LogP contribution in [0.2, 0.25) is 0 Å². The smallest absolute Gasteiger partial charge is 0.315 e. The molecule has 0 bridgehead atoms. The van der Waals surface area contributed by atoms with E-state index in [2.05, 4.69) is 21.3 Å². The summed E-state index contributed by atoms with van der Waals surface area (Å²) in [5.74, 6) is -0.814. The summed E-state index contributed by atoms with van der Waals surface area (Å²) in [7, 11) is 0. The van der Waals surface area contributed by atoms with Gasteiger partial charge in [0, 0.05) is 12.6 Å². The van der Waals surface area contributed by atoms with Crippen molar-refractivity contribution < 1.29 is 14.0 Å². The van der Waals surface area contributed by atoms with Crippen LogP contribution in [0.5, 0.6) is 0 Å². The van der Waals surface area contributed by atoms with Gasteiger partial charge in [-0.15, -0.1) is 12.4 Å². The summed E-state index contributed by atoms with van der Waals surface area (Å²) in [4.78, 5) is 23.8. The maximum absolute atomic E-state index is 14.5. The molecule has 1 heterocycles. The molecule has 0 aromatic heterocycles. The van der Waals surface area contributed by atoms with Gasteiger partial charge in [-0.2, -0.15) is 0 Å². The maximum Gasteiger partial charge on any atom is 0.315 e. The van der Waals surface area contributed by atoms with Gasteiger partial charge >= 0.3 is 6.03 Å². The molecule has 0 atom stereocenters. The molecule has 2 aliphatic rings. The van der Waals surface area contributed by atoms with Crippen molar-refractivity contribution in [1.29, 1.82) is 0 Å². The summed E-state index contributed by atoms with van der Waals surface area (Å²) in [5.41, 5.74) is 1.74. The van der Waals surface area contributed by atoms with Gasteiger partial charge < -0.3 is 21.3 Å². The van der Waals surface area contributed by atoms with Gasteiger partial charge in [0.25, 0.3) is 0 Å². The second-order valence-corrected chi connectivity index (χ2v) is 6.70. The van der Waals surface area contributed by atoms with Gasteiger partial charge in [-0.25, -0.2) is 9.18 Å². The Morgan fingerprint density at radius 3 is 2.73 bits per heavy atom. The maximum atomic E-state index is 14.5. The highest BCUT2D eigenvalue weighted by molar-refractivity contribution is 5.94. The molecule has 3 amide bonds. The first-order valence-corrected chi connectivity index (χ1v) is 8.98. The Labute approximate surface area is 159 Å². The van der Waals surface area contributed by atoms with Crippen LogP contribution < -0.4 is 21.3 Å². The normalized spacial score (nSPS) is 16.8. The van der Waals surface area contributed by atoms with E-state index in [0.29, 0.717) is 18.5 Å². The van der Waals surface area contributed by atoms with Gasteiger partial charge in [0.15, 0.2) is 0 Å². The van der Waals surface area contributed by atoms with E-state index in [-0.39, 0.29) is 42.5 Å². The molecule has 8 heteroatoms. The van der Waals surface area contributed by atoms with E-state index < -0.39 is 5.91 Å². The van der Waals surface area contributed by atoms with Crippen LogP contribution in [0.15, 0.2) is 12.1 Å². The van der Waals surface area contributed by atoms with E-state index in [4.69, 9.17) is 0 Å².